The molecule has 0 saturated heterocycles. The molecule has 17 heavy (non-hydrogen) atoms. The van der Waals surface area contributed by atoms with Crippen LogP contribution < -0.4 is 0 Å². The van der Waals surface area contributed by atoms with Gasteiger partial charge in [-0.2, -0.15) is 9.37 Å². The molecule has 2 nitrogen and oxygen atoms in total. The van der Waals surface area contributed by atoms with Crippen molar-refractivity contribution in [2.24, 2.45) is 0 Å². The number of aromatic nitrogens is 2. The second-order valence-corrected chi connectivity index (χ2v) is 3.43. The summed E-state index contributed by atoms with van der Waals surface area (Å²) in [5, 5.41) is -0.455. The van der Waals surface area contributed by atoms with Gasteiger partial charge in [-0.1, -0.05) is 0 Å². The van der Waals surface area contributed by atoms with E-state index in [1.807, 2.05) is 0 Å². The highest BCUT2D eigenvalue weighted by atomic mass is 35.5. The Bertz CT molecular complexity index is 569. The molecule has 0 radical (unpaired) electrons. The molecule has 2 aromatic rings. The van der Waals surface area contributed by atoms with E-state index in [2.05, 4.69) is 9.97 Å². The Morgan fingerprint density at radius 2 is 1.47 bits per heavy atom. The first-order valence-electron chi connectivity index (χ1n) is 4.32. The van der Waals surface area contributed by atoms with Crippen molar-refractivity contribution in [3.8, 4) is 11.3 Å². The van der Waals surface area contributed by atoms with Crippen molar-refractivity contribution in [1.82, 2.24) is 9.97 Å². The van der Waals surface area contributed by atoms with Crippen LogP contribution in [0.2, 0.25) is 5.28 Å². The third-order valence-electron chi connectivity index (χ3n) is 1.95. The molecule has 0 aliphatic rings. The van der Waals surface area contributed by atoms with Crippen LogP contribution in [0.25, 0.3) is 11.3 Å². The molecular weight excluding hydrogens is 260 g/mol. The van der Waals surface area contributed by atoms with Crippen LogP contribution in [0.1, 0.15) is 0 Å². The van der Waals surface area contributed by atoms with Crippen molar-refractivity contribution in [1.29, 1.82) is 0 Å². The normalized spacial score (nSPS) is 10.6. The number of hydrogen-bond donors (Lipinski definition) is 0. The van der Waals surface area contributed by atoms with Gasteiger partial charge in [-0.05, 0) is 17.7 Å². The topological polar surface area (TPSA) is 25.8 Å². The Morgan fingerprint density at radius 1 is 0.824 bits per heavy atom. The van der Waals surface area contributed by atoms with Crippen molar-refractivity contribution >= 4 is 11.6 Å². The summed E-state index contributed by atoms with van der Waals surface area (Å²) in [7, 11) is 0. The van der Waals surface area contributed by atoms with E-state index in [0.29, 0.717) is 12.1 Å². The lowest BCUT2D eigenvalue weighted by Crippen LogP contribution is -1.96. The Kier molecular flexibility index (Phi) is 2.97. The first-order valence-corrected chi connectivity index (χ1v) is 4.70. The molecule has 1 aromatic carbocycles. The zero-order chi connectivity index (χ0) is 12.6. The summed E-state index contributed by atoms with van der Waals surface area (Å²) >= 11 is 5.37. The van der Waals surface area contributed by atoms with Crippen LogP contribution in [0.15, 0.2) is 18.2 Å². The largest absolute Gasteiger partial charge is 0.225 e. The maximum absolute atomic E-state index is 13.3. The second-order valence-electron chi connectivity index (χ2n) is 3.09. The van der Waals surface area contributed by atoms with E-state index in [-0.39, 0.29) is 5.69 Å². The molecule has 0 amide bonds. The maximum atomic E-state index is 13.3. The molecule has 0 N–H and O–H groups in total. The first kappa shape index (κ1) is 11.8. The van der Waals surface area contributed by atoms with Crippen LogP contribution in [0.3, 0.4) is 0 Å². The van der Waals surface area contributed by atoms with Crippen LogP contribution in [-0.2, 0) is 0 Å². The van der Waals surface area contributed by atoms with Crippen LogP contribution in [-0.4, -0.2) is 9.97 Å². The van der Waals surface area contributed by atoms with Gasteiger partial charge in [0.05, 0.1) is 5.69 Å². The molecule has 1 heterocycles. The summed E-state index contributed by atoms with van der Waals surface area (Å²) in [5.41, 5.74) is -0.661. The highest BCUT2D eigenvalue weighted by Gasteiger charge is 2.14. The monoisotopic (exact) mass is 262 g/mol. The van der Waals surface area contributed by atoms with Gasteiger partial charge in [0.15, 0.2) is 11.6 Å². The SMILES string of the molecule is Fc1cc(-c2cc(F)c(F)cc2F)nc(Cl)n1. The number of benzene rings is 1. The van der Waals surface area contributed by atoms with Crippen molar-refractivity contribution in [2.45, 2.75) is 0 Å². The molecule has 2 rings (SSSR count). The van der Waals surface area contributed by atoms with Crippen molar-refractivity contribution in [3.05, 3.63) is 46.9 Å². The Balaban J connectivity index is 2.64. The molecule has 88 valence electrons. The van der Waals surface area contributed by atoms with Gasteiger partial charge in [-0.15, -0.1) is 0 Å². The number of nitrogens with zero attached hydrogens (tertiary/aromatic N) is 2. The van der Waals surface area contributed by atoms with Crippen molar-refractivity contribution < 1.29 is 17.6 Å². The van der Waals surface area contributed by atoms with Crippen LogP contribution in [0.5, 0.6) is 0 Å². The van der Waals surface area contributed by atoms with E-state index >= 15 is 0 Å². The second kappa shape index (κ2) is 4.29. The summed E-state index contributed by atoms with van der Waals surface area (Å²) in [4.78, 5) is 6.65. The molecule has 0 fully saturated rings. The fourth-order valence-corrected chi connectivity index (χ4v) is 1.42. The maximum Gasteiger partial charge on any atom is 0.225 e. The van der Waals surface area contributed by atoms with Gasteiger partial charge in [-0.25, -0.2) is 18.2 Å². The molecule has 0 aliphatic heterocycles. The fraction of sp³-hybridized carbons (Fsp3) is 0. The molecular formula is C10H3ClF4N2. The zero-order valence-corrected chi connectivity index (χ0v) is 8.77. The van der Waals surface area contributed by atoms with E-state index in [0.717, 1.165) is 6.07 Å². The first-order chi connectivity index (χ1) is 7.97. The van der Waals surface area contributed by atoms with Gasteiger partial charge in [0, 0.05) is 17.7 Å². The third kappa shape index (κ3) is 2.36. The summed E-state index contributed by atoms with van der Waals surface area (Å²) in [6.45, 7) is 0. The minimum absolute atomic E-state index is 0.265. The molecule has 0 atom stereocenters. The molecule has 7 heteroatoms. The number of halogens is 5. The summed E-state index contributed by atoms with van der Waals surface area (Å²) < 4.78 is 51.9. The third-order valence-corrected chi connectivity index (χ3v) is 2.12. The van der Waals surface area contributed by atoms with E-state index < -0.39 is 34.2 Å². The van der Waals surface area contributed by atoms with Gasteiger partial charge < -0.3 is 0 Å². The molecule has 0 unspecified atom stereocenters. The number of rotatable bonds is 1. The summed E-state index contributed by atoms with van der Waals surface area (Å²) in [6.07, 6.45) is 0. The minimum Gasteiger partial charge on any atom is -0.218 e. The van der Waals surface area contributed by atoms with Gasteiger partial charge in [0.1, 0.15) is 5.82 Å². The molecule has 1 aromatic heterocycles. The standard InChI is InChI=1S/C10H3ClF4N2/c11-10-16-8(3-9(15)17-10)4-1-6(13)7(14)2-5(4)12/h1-3H. The van der Waals surface area contributed by atoms with Gasteiger partial charge in [0.25, 0.3) is 0 Å². The lowest BCUT2D eigenvalue weighted by Gasteiger charge is -2.04. The number of hydrogen-bond acceptors (Lipinski definition) is 2. The van der Waals surface area contributed by atoms with Gasteiger partial charge in [0.2, 0.25) is 11.2 Å². The van der Waals surface area contributed by atoms with Gasteiger partial charge >= 0.3 is 0 Å². The van der Waals surface area contributed by atoms with E-state index in [1.54, 1.807) is 0 Å². The molecule has 0 aliphatic carbocycles. The Morgan fingerprint density at radius 3 is 2.12 bits per heavy atom. The Hall–Kier alpha value is -1.69. The van der Waals surface area contributed by atoms with Crippen molar-refractivity contribution in [3.63, 3.8) is 0 Å². The highest BCUT2D eigenvalue weighted by Crippen LogP contribution is 2.24. The summed E-state index contributed by atoms with van der Waals surface area (Å²) in [6, 6.07) is 1.68. The smallest absolute Gasteiger partial charge is 0.218 e. The van der Waals surface area contributed by atoms with E-state index in [1.165, 1.54) is 0 Å². The summed E-state index contributed by atoms with van der Waals surface area (Å²) in [5.74, 6) is -4.68. The Labute approximate surface area is 97.9 Å². The van der Waals surface area contributed by atoms with Gasteiger partial charge in [-0.3, -0.25) is 0 Å². The van der Waals surface area contributed by atoms with Crippen LogP contribution >= 0.6 is 11.6 Å². The molecule has 0 spiro atoms. The molecule has 0 saturated carbocycles. The lowest BCUT2D eigenvalue weighted by molar-refractivity contribution is 0.496. The predicted octanol–water partition coefficient (Wildman–Crippen LogP) is 3.35. The highest BCUT2D eigenvalue weighted by molar-refractivity contribution is 6.28. The zero-order valence-electron chi connectivity index (χ0n) is 8.02. The lowest BCUT2D eigenvalue weighted by atomic mass is 10.1. The average Bonchev–Trinajstić information content (AvgIpc) is 2.22. The van der Waals surface area contributed by atoms with Crippen LogP contribution in [0, 0.1) is 23.4 Å². The quantitative estimate of drug-likeness (QED) is 0.341. The van der Waals surface area contributed by atoms with E-state index in [9.17, 15) is 17.6 Å². The minimum atomic E-state index is -1.34. The van der Waals surface area contributed by atoms with Crippen molar-refractivity contribution in [2.75, 3.05) is 0 Å². The van der Waals surface area contributed by atoms with Crippen LogP contribution in [0.4, 0.5) is 17.6 Å². The predicted molar refractivity (Wildman–Crippen MR) is 52.3 cm³/mol. The molecule has 0 bridgehead atoms. The van der Waals surface area contributed by atoms with E-state index in [4.69, 9.17) is 11.6 Å². The average molecular weight is 263 g/mol. The fourth-order valence-electron chi connectivity index (χ4n) is 1.25.